The molecule has 2 heterocycles. The number of anilines is 1. The number of hydrogen-bond acceptors (Lipinski definition) is 6. The van der Waals surface area contributed by atoms with Crippen molar-refractivity contribution in [3.63, 3.8) is 0 Å². The number of carboxylic acids is 1. The largest absolute Gasteiger partial charge is 0.477 e. The van der Waals surface area contributed by atoms with E-state index in [0.29, 0.717) is 4.34 Å². The van der Waals surface area contributed by atoms with Crippen LogP contribution in [0, 0.1) is 10.1 Å². The molecule has 21 heavy (non-hydrogen) atoms. The molecule has 0 amide bonds. The number of carbonyl (C=O) groups is 1. The number of pyridine rings is 1. The van der Waals surface area contributed by atoms with Crippen molar-refractivity contribution in [1.82, 2.24) is 4.98 Å². The Bertz CT molecular complexity index is 704. The molecule has 0 radical (unpaired) electrons. The quantitative estimate of drug-likeness (QED) is 0.642. The first-order valence-corrected chi connectivity index (χ1v) is 6.98. The highest BCUT2D eigenvalue weighted by molar-refractivity contribution is 7.16. The maximum absolute atomic E-state index is 11.0. The van der Waals surface area contributed by atoms with Gasteiger partial charge in [0.15, 0.2) is 5.69 Å². The van der Waals surface area contributed by atoms with E-state index in [2.05, 4.69) is 10.3 Å². The van der Waals surface area contributed by atoms with Gasteiger partial charge in [-0.15, -0.1) is 11.3 Å². The molecule has 0 saturated heterocycles. The summed E-state index contributed by atoms with van der Waals surface area (Å²) in [5.74, 6) is -1.34. The van der Waals surface area contributed by atoms with Crippen molar-refractivity contribution in [2.45, 2.75) is 13.0 Å². The van der Waals surface area contributed by atoms with Crippen LogP contribution in [0.3, 0.4) is 0 Å². The summed E-state index contributed by atoms with van der Waals surface area (Å²) in [4.78, 5) is 25.9. The minimum atomic E-state index is -1.25. The van der Waals surface area contributed by atoms with Crippen LogP contribution in [-0.4, -0.2) is 21.0 Å². The smallest absolute Gasteiger partial charge is 0.354 e. The van der Waals surface area contributed by atoms with Crippen molar-refractivity contribution < 1.29 is 14.8 Å². The number of rotatable bonds is 5. The van der Waals surface area contributed by atoms with Gasteiger partial charge in [-0.05, 0) is 25.1 Å². The van der Waals surface area contributed by atoms with Crippen LogP contribution in [0.1, 0.15) is 28.3 Å². The molecule has 0 aliphatic carbocycles. The number of aromatic nitrogens is 1. The molecule has 0 aliphatic heterocycles. The van der Waals surface area contributed by atoms with Crippen molar-refractivity contribution in [1.29, 1.82) is 0 Å². The van der Waals surface area contributed by atoms with E-state index >= 15 is 0 Å². The number of nitrogens with one attached hydrogen (secondary N) is 1. The second-order valence-electron chi connectivity index (χ2n) is 4.13. The zero-order chi connectivity index (χ0) is 15.6. The second kappa shape index (κ2) is 6.06. The van der Waals surface area contributed by atoms with Crippen molar-refractivity contribution in [2.24, 2.45) is 0 Å². The molecular formula is C12H10ClN3O4S. The summed E-state index contributed by atoms with van der Waals surface area (Å²) < 4.78 is 0.598. The number of halogens is 1. The third kappa shape index (κ3) is 3.47. The Balaban J connectivity index is 2.34. The normalized spacial score (nSPS) is 11.9. The lowest BCUT2D eigenvalue weighted by atomic mass is 10.2. The molecule has 2 rings (SSSR count). The van der Waals surface area contributed by atoms with Gasteiger partial charge in [0.05, 0.1) is 15.3 Å². The van der Waals surface area contributed by atoms with Gasteiger partial charge in [-0.2, -0.15) is 0 Å². The first-order chi connectivity index (χ1) is 9.88. The zero-order valence-electron chi connectivity index (χ0n) is 10.7. The molecule has 0 saturated carbocycles. The third-order valence-electron chi connectivity index (χ3n) is 2.66. The molecule has 7 nitrogen and oxygen atoms in total. The molecule has 110 valence electrons. The molecular weight excluding hydrogens is 318 g/mol. The van der Waals surface area contributed by atoms with Crippen LogP contribution in [0.2, 0.25) is 4.34 Å². The molecule has 2 aromatic rings. The van der Waals surface area contributed by atoms with E-state index in [-0.39, 0.29) is 23.2 Å². The Morgan fingerprint density at radius 1 is 1.48 bits per heavy atom. The van der Waals surface area contributed by atoms with Gasteiger partial charge in [0.1, 0.15) is 0 Å². The zero-order valence-corrected chi connectivity index (χ0v) is 12.3. The Hall–Kier alpha value is -2.19. The number of nitro groups is 1. The minimum absolute atomic E-state index is 0.0862. The van der Waals surface area contributed by atoms with Gasteiger partial charge in [0, 0.05) is 10.9 Å². The fourth-order valence-corrected chi connectivity index (χ4v) is 2.72. The van der Waals surface area contributed by atoms with E-state index in [4.69, 9.17) is 16.7 Å². The van der Waals surface area contributed by atoms with Crippen LogP contribution in [-0.2, 0) is 0 Å². The monoisotopic (exact) mass is 327 g/mol. The summed E-state index contributed by atoms with van der Waals surface area (Å²) in [7, 11) is 0. The highest BCUT2D eigenvalue weighted by Crippen LogP contribution is 2.31. The van der Waals surface area contributed by atoms with Gasteiger partial charge >= 0.3 is 11.7 Å². The molecule has 1 atom stereocenters. The number of aromatic carboxylic acids is 1. The van der Waals surface area contributed by atoms with Gasteiger partial charge in [0.25, 0.3) is 0 Å². The van der Waals surface area contributed by atoms with Gasteiger partial charge in [-0.3, -0.25) is 10.1 Å². The molecule has 0 aliphatic rings. The summed E-state index contributed by atoms with van der Waals surface area (Å²) in [6.45, 7) is 1.78. The van der Waals surface area contributed by atoms with Crippen molar-refractivity contribution >= 4 is 40.4 Å². The van der Waals surface area contributed by atoms with E-state index in [1.807, 2.05) is 0 Å². The summed E-state index contributed by atoms with van der Waals surface area (Å²) in [6, 6.07) is 5.43. The summed E-state index contributed by atoms with van der Waals surface area (Å²) in [5, 5.41) is 22.8. The second-order valence-corrected chi connectivity index (χ2v) is 5.88. The van der Waals surface area contributed by atoms with E-state index < -0.39 is 10.9 Å². The van der Waals surface area contributed by atoms with Crippen LogP contribution in [0.5, 0.6) is 0 Å². The molecule has 1 unspecified atom stereocenters. The Kier molecular flexibility index (Phi) is 4.39. The summed E-state index contributed by atoms with van der Waals surface area (Å²) in [6.07, 6.45) is 0. The van der Waals surface area contributed by atoms with E-state index in [0.717, 1.165) is 17.0 Å². The summed E-state index contributed by atoms with van der Waals surface area (Å²) in [5.41, 5.74) is -0.547. The molecule has 0 spiro atoms. The fraction of sp³-hybridized carbons (Fsp3) is 0.167. The molecule has 0 bridgehead atoms. The van der Waals surface area contributed by atoms with E-state index in [1.165, 1.54) is 11.3 Å². The predicted molar refractivity (Wildman–Crippen MR) is 79.2 cm³/mol. The highest BCUT2D eigenvalue weighted by atomic mass is 35.5. The molecule has 2 N–H and O–H groups in total. The van der Waals surface area contributed by atoms with E-state index in [9.17, 15) is 14.9 Å². The summed E-state index contributed by atoms with van der Waals surface area (Å²) >= 11 is 7.17. The average Bonchev–Trinajstić information content (AvgIpc) is 2.85. The van der Waals surface area contributed by atoms with Crippen molar-refractivity contribution in [3.05, 3.63) is 49.3 Å². The molecule has 2 aromatic heterocycles. The predicted octanol–water partition coefficient (Wildman–Crippen LogP) is 3.58. The van der Waals surface area contributed by atoms with Crippen LogP contribution >= 0.6 is 22.9 Å². The number of thiophene rings is 1. The molecule has 0 aromatic carbocycles. The van der Waals surface area contributed by atoms with E-state index in [1.54, 1.807) is 19.1 Å². The first kappa shape index (κ1) is 15.2. The van der Waals surface area contributed by atoms with Gasteiger partial charge < -0.3 is 10.4 Å². The lowest BCUT2D eigenvalue weighted by Gasteiger charge is -2.13. The Morgan fingerprint density at radius 2 is 2.19 bits per heavy atom. The van der Waals surface area contributed by atoms with Crippen LogP contribution in [0.4, 0.5) is 11.5 Å². The number of carboxylic acid groups (broad SMARTS) is 1. The number of hydrogen-bond donors (Lipinski definition) is 2. The maximum atomic E-state index is 11.0. The number of nitrogens with zero attached hydrogens (tertiary/aromatic N) is 2. The topological polar surface area (TPSA) is 105 Å². The van der Waals surface area contributed by atoms with Gasteiger partial charge in [-0.1, -0.05) is 11.6 Å². The Labute approximate surface area is 128 Å². The standard InChI is InChI=1S/C12H10ClN3O4S/c1-6(9-4-5-10(13)21-9)14-11-8(16(19)20)3-2-7(15-11)12(17)18/h2-6H,1H3,(H,14,15)(H,17,18). The van der Waals surface area contributed by atoms with Gasteiger partial charge in [0.2, 0.25) is 5.82 Å². The molecule has 0 fully saturated rings. The van der Waals surface area contributed by atoms with Crippen molar-refractivity contribution in [2.75, 3.05) is 5.32 Å². The average molecular weight is 328 g/mol. The fourth-order valence-electron chi connectivity index (χ4n) is 1.66. The third-order valence-corrected chi connectivity index (χ3v) is 4.08. The van der Waals surface area contributed by atoms with Crippen LogP contribution < -0.4 is 5.32 Å². The Morgan fingerprint density at radius 3 is 2.71 bits per heavy atom. The molecule has 9 heteroatoms. The maximum Gasteiger partial charge on any atom is 0.354 e. The lowest BCUT2D eigenvalue weighted by Crippen LogP contribution is -2.11. The van der Waals surface area contributed by atoms with Crippen molar-refractivity contribution in [3.8, 4) is 0 Å². The van der Waals surface area contributed by atoms with Crippen LogP contribution in [0.25, 0.3) is 0 Å². The lowest BCUT2D eigenvalue weighted by molar-refractivity contribution is -0.384. The van der Waals surface area contributed by atoms with Crippen LogP contribution in [0.15, 0.2) is 24.3 Å². The SMILES string of the molecule is CC(Nc1nc(C(=O)O)ccc1[N+](=O)[O-])c1ccc(Cl)s1. The first-order valence-electron chi connectivity index (χ1n) is 5.79. The highest BCUT2D eigenvalue weighted by Gasteiger charge is 2.20. The minimum Gasteiger partial charge on any atom is -0.477 e. The van der Waals surface area contributed by atoms with Gasteiger partial charge in [-0.25, -0.2) is 9.78 Å².